The molecule has 8 nitrogen and oxygen atoms in total. The van der Waals surface area contributed by atoms with Crippen molar-refractivity contribution < 1.29 is 23.9 Å². The van der Waals surface area contributed by atoms with Gasteiger partial charge in [-0.2, -0.15) is 0 Å². The van der Waals surface area contributed by atoms with E-state index in [0.29, 0.717) is 21.7 Å². The number of fused-ring (bicyclic) bond motifs is 3. The van der Waals surface area contributed by atoms with E-state index in [0.717, 1.165) is 20.7 Å². The summed E-state index contributed by atoms with van der Waals surface area (Å²) in [4.78, 5) is 44.3. The second kappa shape index (κ2) is 7.82. The molecular weight excluding hydrogens is 478 g/mol. The van der Waals surface area contributed by atoms with E-state index in [1.54, 1.807) is 36.4 Å². The van der Waals surface area contributed by atoms with Crippen molar-refractivity contribution in [1.82, 2.24) is 9.88 Å². The number of nitrogens with one attached hydrogen (secondary N) is 1. The Balaban J connectivity index is 1.22. The molecule has 10 heteroatoms. The van der Waals surface area contributed by atoms with Gasteiger partial charge in [0.1, 0.15) is 0 Å². The summed E-state index contributed by atoms with van der Waals surface area (Å²) in [5, 5.41) is 3.75. The number of imide groups is 1. The number of benzene rings is 3. The maximum atomic E-state index is 13.0. The fourth-order valence-corrected chi connectivity index (χ4v) is 5.06. The van der Waals surface area contributed by atoms with Crippen LogP contribution in [0.25, 0.3) is 10.2 Å². The zero-order valence-corrected chi connectivity index (χ0v) is 18.9. The number of thiazole rings is 1. The van der Waals surface area contributed by atoms with Gasteiger partial charge in [-0.3, -0.25) is 24.6 Å². The van der Waals surface area contributed by atoms with Gasteiger partial charge >= 0.3 is 0 Å². The lowest BCUT2D eigenvalue weighted by molar-refractivity contribution is 0.0642. The van der Waals surface area contributed by atoms with E-state index in [-0.39, 0.29) is 30.0 Å². The normalized spacial score (nSPS) is 14.1. The van der Waals surface area contributed by atoms with E-state index in [2.05, 4.69) is 10.3 Å². The summed E-state index contributed by atoms with van der Waals surface area (Å²) in [5.74, 6) is -0.0970. The monoisotopic (exact) mass is 491 g/mol. The van der Waals surface area contributed by atoms with Crippen LogP contribution in [0.1, 0.15) is 36.6 Å². The van der Waals surface area contributed by atoms with E-state index >= 15 is 0 Å². The van der Waals surface area contributed by atoms with E-state index in [1.165, 1.54) is 29.5 Å². The minimum absolute atomic E-state index is 0.0821. The van der Waals surface area contributed by atoms with Crippen molar-refractivity contribution in [2.75, 3.05) is 12.1 Å². The highest BCUT2D eigenvalue weighted by Gasteiger charge is 2.36. The van der Waals surface area contributed by atoms with Crippen molar-refractivity contribution in [3.05, 3.63) is 81.9 Å². The molecule has 34 heavy (non-hydrogen) atoms. The molecule has 1 aromatic heterocycles. The van der Waals surface area contributed by atoms with Crippen LogP contribution in [0.3, 0.4) is 0 Å². The molecule has 0 aliphatic carbocycles. The molecule has 3 aromatic carbocycles. The van der Waals surface area contributed by atoms with Crippen LogP contribution < -0.4 is 14.8 Å². The van der Waals surface area contributed by atoms with Crippen LogP contribution in [-0.2, 0) is 6.54 Å². The quantitative estimate of drug-likeness (QED) is 0.414. The fourth-order valence-electron chi connectivity index (χ4n) is 3.92. The summed E-state index contributed by atoms with van der Waals surface area (Å²) >= 11 is 7.31. The van der Waals surface area contributed by atoms with Crippen LogP contribution in [0, 0.1) is 0 Å². The molecular formula is C24H14ClN3O5S. The van der Waals surface area contributed by atoms with Gasteiger partial charge in [0, 0.05) is 10.6 Å². The van der Waals surface area contributed by atoms with Crippen LogP contribution in [-0.4, -0.2) is 34.4 Å². The van der Waals surface area contributed by atoms with E-state index < -0.39 is 17.7 Å². The number of ether oxygens (including phenoxy) is 2. The molecule has 6 rings (SSSR count). The topological polar surface area (TPSA) is 97.8 Å². The lowest BCUT2D eigenvalue weighted by atomic mass is 10.1. The van der Waals surface area contributed by atoms with Gasteiger partial charge in [0.25, 0.3) is 17.7 Å². The van der Waals surface area contributed by atoms with E-state index in [1.807, 2.05) is 0 Å². The van der Waals surface area contributed by atoms with Crippen molar-refractivity contribution in [3.63, 3.8) is 0 Å². The number of hydrogen-bond donors (Lipinski definition) is 1. The third-order valence-electron chi connectivity index (χ3n) is 5.58. The number of aromatic nitrogens is 1. The zero-order chi connectivity index (χ0) is 23.4. The zero-order valence-electron chi connectivity index (χ0n) is 17.3. The number of amides is 3. The summed E-state index contributed by atoms with van der Waals surface area (Å²) < 4.78 is 11.5. The first-order valence-corrected chi connectivity index (χ1v) is 11.4. The third kappa shape index (κ3) is 3.46. The molecule has 168 valence electrons. The van der Waals surface area contributed by atoms with E-state index in [4.69, 9.17) is 21.1 Å². The van der Waals surface area contributed by atoms with Crippen molar-refractivity contribution in [2.24, 2.45) is 0 Å². The highest BCUT2D eigenvalue weighted by Crippen LogP contribution is 2.34. The predicted octanol–water partition coefficient (Wildman–Crippen LogP) is 4.73. The van der Waals surface area contributed by atoms with Crippen LogP contribution in [0.4, 0.5) is 5.13 Å². The Hall–Kier alpha value is -3.95. The summed E-state index contributed by atoms with van der Waals surface area (Å²) in [6.45, 7) is 0.222. The molecule has 0 fully saturated rings. The molecule has 0 bridgehead atoms. The van der Waals surface area contributed by atoms with Crippen molar-refractivity contribution in [2.45, 2.75) is 6.54 Å². The van der Waals surface area contributed by atoms with Crippen molar-refractivity contribution in [1.29, 1.82) is 0 Å². The summed E-state index contributed by atoms with van der Waals surface area (Å²) in [5.41, 5.74) is 2.15. The molecule has 0 atom stereocenters. The van der Waals surface area contributed by atoms with Gasteiger partial charge in [-0.1, -0.05) is 29.0 Å². The highest BCUT2D eigenvalue weighted by atomic mass is 35.5. The van der Waals surface area contributed by atoms with Gasteiger partial charge in [-0.15, -0.1) is 0 Å². The molecule has 2 aliphatic rings. The SMILES string of the molecule is O=C(Nc1nc2ccc(Cl)cc2s1)c1ccc2c(c1)C(=O)N(Cc1ccc3c(c1)OCO3)C2=O. The first kappa shape index (κ1) is 20.6. The number of carbonyl (C=O) groups excluding carboxylic acids is 3. The molecule has 1 N–H and O–H groups in total. The van der Waals surface area contributed by atoms with Crippen LogP contribution >= 0.6 is 22.9 Å². The Kier molecular flexibility index (Phi) is 4.75. The highest BCUT2D eigenvalue weighted by molar-refractivity contribution is 7.22. The Morgan fingerprint density at radius 1 is 1.00 bits per heavy atom. The Morgan fingerprint density at radius 2 is 1.82 bits per heavy atom. The molecule has 3 amide bonds. The Bertz CT molecular complexity index is 1530. The first-order valence-electron chi connectivity index (χ1n) is 10.2. The number of anilines is 1. The molecule has 0 radical (unpaired) electrons. The van der Waals surface area contributed by atoms with Crippen LogP contribution in [0.15, 0.2) is 54.6 Å². The largest absolute Gasteiger partial charge is 0.454 e. The average Bonchev–Trinajstić information content (AvgIpc) is 3.51. The van der Waals surface area contributed by atoms with Gasteiger partial charge < -0.3 is 9.47 Å². The lowest BCUT2D eigenvalue weighted by Crippen LogP contribution is -2.29. The number of rotatable bonds is 4. The third-order valence-corrected chi connectivity index (χ3v) is 6.75. The summed E-state index contributed by atoms with van der Waals surface area (Å²) in [6.07, 6.45) is 0. The number of hydrogen-bond acceptors (Lipinski definition) is 7. The average molecular weight is 492 g/mol. The molecule has 3 heterocycles. The number of carbonyl (C=O) groups is 3. The number of halogens is 1. The molecule has 0 spiro atoms. The fraction of sp³-hybridized carbons (Fsp3) is 0.0833. The number of nitrogens with zero attached hydrogens (tertiary/aromatic N) is 2. The van der Waals surface area contributed by atoms with Gasteiger partial charge in [0.2, 0.25) is 6.79 Å². The van der Waals surface area contributed by atoms with Gasteiger partial charge in [-0.05, 0) is 54.1 Å². The molecule has 2 aliphatic heterocycles. The first-order chi connectivity index (χ1) is 16.5. The minimum atomic E-state index is -0.457. The molecule has 0 unspecified atom stereocenters. The van der Waals surface area contributed by atoms with E-state index in [9.17, 15) is 14.4 Å². The predicted molar refractivity (Wildman–Crippen MR) is 126 cm³/mol. The molecule has 4 aromatic rings. The van der Waals surface area contributed by atoms with Crippen LogP contribution in [0.2, 0.25) is 5.02 Å². The Labute approximate surface area is 201 Å². The maximum Gasteiger partial charge on any atom is 0.261 e. The van der Waals surface area contributed by atoms with Gasteiger partial charge in [0.15, 0.2) is 16.6 Å². The second-order valence-electron chi connectivity index (χ2n) is 7.73. The summed E-state index contributed by atoms with van der Waals surface area (Å²) in [6, 6.07) is 15.0. The van der Waals surface area contributed by atoms with Crippen LogP contribution in [0.5, 0.6) is 11.5 Å². The molecule has 0 saturated heterocycles. The summed E-state index contributed by atoms with van der Waals surface area (Å²) in [7, 11) is 0. The van der Waals surface area contributed by atoms with Crippen molar-refractivity contribution >= 4 is 56.0 Å². The second-order valence-corrected chi connectivity index (χ2v) is 9.20. The van der Waals surface area contributed by atoms with Gasteiger partial charge in [0.05, 0.1) is 27.9 Å². The standard InChI is InChI=1S/C24H14ClN3O5S/c25-14-3-5-17-20(9-14)34-24(26-17)27-21(29)13-2-4-15-16(8-13)23(31)28(22(15)30)10-12-1-6-18-19(7-12)33-11-32-18/h1-9H,10-11H2,(H,26,27,29). The Morgan fingerprint density at radius 3 is 2.71 bits per heavy atom. The molecule has 0 saturated carbocycles. The maximum absolute atomic E-state index is 13.0. The lowest BCUT2D eigenvalue weighted by Gasteiger charge is -2.14. The smallest absolute Gasteiger partial charge is 0.261 e. The van der Waals surface area contributed by atoms with Crippen molar-refractivity contribution in [3.8, 4) is 11.5 Å². The minimum Gasteiger partial charge on any atom is -0.454 e. The van der Waals surface area contributed by atoms with Gasteiger partial charge in [-0.25, -0.2) is 4.98 Å².